The van der Waals surface area contributed by atoms with Gasteiger partial charge in [-0.1, -0.05) is 6.92 Å². The van der Waals surface area contributed by atoms with Gasteiger partial charge in [0.1, 0.15) is 5.75 Å². The molecule has 0 saturated carbocycles. The summed E-state index contributed by atoms with van der Waals surface area (Å²) < 4.78 is 3.86. The van der Waals surface area contributed by atoms with Crippen LogP contribution in [0.2, 0.25) is 0 Å². The third-order valence-corrected chi connectivity index (χ3v) is 2.55. The minimum absolute atomic E-state index is 0.334. The van der Waals surface area contributed by atoms with Crippen LogP contribution in [-0.2, 0) is 16.0 Å². The number of phenolic OH excluding ortho intramolecular Hbond substituents is 1. The lowest BCUT2D eigenvalue weighted by atomic mass is 10.1. The van der Waals surface area contributed by atoms with E-state index >= 15 is 0 Å². The first kappa shape index (κ1) is 13.1. The number of phenols is 1. The Balaban J connectivity index is 0.000000317. The highest BCUT2D eigenvalue weighted by Crippen LogP contribution is 2.25. The van der Waals surface area contributed by atoms with Gasteiger partial charge in [-0.15, -0.1) is 0 Å². The smallest absolute Gasteiger partial charge is 0.292 e. The van der Waals surface area contributed by atoms with Gasteiger partial charge in [0.15, 0.2) is 0 Å². The van der Waals surface area contributed by atoms with Crippen LogP contribution < -0.4 is 0 Å². The molecule has 1 aromatic heterocycles. The molecule has 1 aromatic carbocycles. The van der Waals surface area contributed by atoms with Gasteiger partial charge < -0.3 is 14.8 Å². The van der Waals surface area contributed by atoms with Crippen LogP contribution in [0.4, 0.5) is 0 Å². The minimum Gasteiger partial charge on any atom is -0.508 e. The number of H-pyrrole nitrogens is 1. The maximum absolute atomic E-state index is 9.35. The first-order valence-electron chi connectivity index (χ1n) is 5.40. The van der Waals surface area contributed by atoms with Crippen molar-refractivity contribution in [3.8, 4) is 5.75 Å². The maximum Gasteiger partial charge on any atom is 0.292 e. The van der Waals surface area contributed by atoms with Gasteiger partial charge in [-0.3, -0.25) is 4.79 Å². The van der Waals surface area contributed by atoms with Gasteiger partial charge in [-0.05, 0) is 37.1 Å². The average molecular weight is 235 g/mol. The zero-order valence-corrected chi connectivity index (χ0v) is 10.3. The van der Waals surface area contributed by atoms with Crippen LogP contribution in [0.1, 0.15) is 18.2 Å². The number of carbonyl (C=O) groups excluding carboxylic acids is 1. The van der Waals surface area contributed by atoms with Crippen molar-refractivity contribution in [2.24, 2.45) is 0 Å². The number of aromatic amines is 1. The van der Waals surface area contributed by atoms with Gasteiger partial charge >= 0.3 is 0 Å². The first-order chi connectivity index (χ1) is 8.13. The van der Waals surface area contributed by atoms with Gasteiger partial charge in [-0.2, -0.15) is 0 Å². The standard InChI is InChI=1S/C11H13NO.C2H4O2/c1-3-9-7(2)12-11-5-4-8(13)6-10(9)11;1-4-2-3/h4-6,12-13H,3H2,1-2H3;2H,1H3. The molecule has 4 nitrogen and oxygen atoms in total. The third-order valence-electron chi connectivity index (χ3n) is 2.55. The van der Waals surface area contributed by atoms with Gasteiger partial charge in [0, 0.05) is 16.6 Å². The van der Waals surface area contributed by atoms with E-state index in [4.69, 9.17) is 4.79 Å². The molecule has 17 heavy (non-hydrogen) atoms. The number of aromatic hydroxyl groups is 1. The van der Waals surface area contributed by atoms with E-state index in [2.05, 4.69) is 23.6 Å². The van der Waals surface area contributed by atoms with Crippen LogP contribution >= 0.6 is 0 Å². The molecule has 0 unspecified atom stereocenters. The summed E-state index contributed by atoms with van der Waals surface area (Å²) in [7, 11) is 1.31. The van der Waals surface area contributed by atoms with Crippen molar-refractivity contribution < 1.29 is 14.6 Å². The Morgan fingerprint density at radius 2 is 2.12 bits per heavy atom. The van der Waals surface area contributed by atoms with E-state index in [9.17, 15) is 5.11 Å². The molecule has 0 aliphatic carbocycles. The summed E-state index contributed by atoms with van der Waals surface area (Å²) in [6, 6.07) is 5.44. The second-order valence-electron chi connectivity index (χ2n) is 3.64. The zero-order chi connectivity index (χ0) is 12.8. The molecule has 0 saturated heterocycles. The predicted octanol–water partition coefficient (Wildman–Crippen LogP) is 2.53. The lowest BCUT2D eigenvalue weighted by Crippen LogP contribution is -1.80. The fourth-order valence-corrected chi connectivity index (χ4v) is 1.83. The second-order valence-corrected chi connectivity index (χ2v) is 3.64. The highest BCUT2D eigenvalue weighted by molar-refractivity contribution is 5.85. The van der Waals surface area contributed by atoms with E-state index in [-0.39, 0.29) is 0 Å². The molecular weight excluding hydrogens is 218 g/mol. The number of methoxy groups -OCH3 is 1. The molecule has 1 heterocycles. The number of benzene rings is 1. The molecule has 2 aromatic rings. The third kappa shape index (κ3) is 3.00. The fourth-order valence-electron chi connectivity index (χ4n) is 1.83. The monoisotopic (exact) mass is 235 g/mol. The quantitative estimate of drug-likeness (QED) is 0.786. The van der Waals surface area contributed by atoms with Crippen molar-refractivity contribution in [3.05, 3.63) is 29.5 Å². The normalized spacial score (nSPS) is 9.59. The van der Waals surface area contributed by atoms with E-state index in [1.807, 2.05) is 12.1 Å². The number of nitrogens with one attached hydrogen (secondary N) is 1. The highest BCUT2D eigenvalue weighted by Gasteiger charge is 2.06. The Morgan fingerprint density at radius 1 is 1.47 bits per heavy atom. The summed E-state index contributed by atoms with van der Waals surface area (Å²) in [6.45, 7) is 4.57. The molecule has 92 valence electrons. The van der Waals surface area contributed by atoms with Gasteiger partial charge in [0.05, 0.1) is 7.11 Å². The van der Waals surface area contributed by atoms with E-state index in [0.29, 0.717) is 12.2 Å². The Morgan fingerprint density at radius 3 is 2.65 bits per heavy atom. The first-order valence-corrected chi connectivity index (χ1v) is 5.40. The lowest BCUT2D eigenvalue weighted by molar-refractivity contribution is -0.126. The molecule has 0 radical (unpaired) electrons. The molecule has 0 aliphatic heterocycles. The number of aryl methyl sites for hydroxylation is 2. The van der Waals surface area contributed by atoms with E-state index in [1.165, 1.54) is 18.4 Å². The number of carbonyl (C=O) groups is 1. The molecule has 0 amide bonds. The second kappa shape index (κ2) is 5.94. The van der Waals surface area contributed by atoms with E-state index in [1.54, 1.807) is 6.07 Å². The largest absolute Gasteiger partial charge is 0.508 e. The summed E-state index contributed by atoms with van der Waals surface area (Å²) in [5, 5.41) is 10.5. The summed E-state index contributed by atoms with van der Waals surface area (Å²) >= 11 is 0. The molecule has 2 N–H and O–H groups in total. The van der Waals surface area contributed by atoms with Crippen LogP contribution in [-0.4, -0.2) is 23.7 Å². The van der Waals surface area contributed by atoms with E-state index < -0.39 is 0 Å². The number of rotatable bonds is 2. The number of hydrogen-bond donors (Lipinski definition) is 2. The van der Waals surface area contributed by atoms with Crippen LogP contribution in [0.5, 0.6) is 5.75 Å². The maximum atomic E-state index is 9.35. The van der Waals surface area contributed by atoms with Crippen molar-refractivity contribution in [1.82, 2.24) is 4.98 Å². The van der Waals surface area contributed by atoms with Crippen LogP contribution in [0.25, 0.3) is 10.9 Å². The Bertz CT molecular complexity index is 503. The van der Waals surface area contributed by atoms with Crippen molar-refractivity contribution >= 4 is 17.4 Å². The molecule has 0 fully saturated rings. The predicted molar refractivity (Wildman–Crippen MR) is 67.2 cm³/mol. The lowest BCUT2D eigenvalue weighted by Gasteiger charge is -1.95. The molecular formula is C13H17NO3. The van der Waals surface area contributed by atoms with Gasteiger partial charge in [0.25, 0.3) is 6.47 Å². The number of ether oxygens (including phenoxy) is 1. The van der Waals surface area contributed by atoms with Gasteiger partial charge in [-0.25, -0.2) is 0 Å². The number of aromatic nitrogens is 1. The zero-order valence-electron chi connectivity index (χ0n) is 10.3. The Kier molecular flexibility index (Phi) is 4.57. The molecule has 0 aliphatic rings. The number of fused-ring (bicyclic) bond motifs is 1. The molecule has 0 spiro atoms. The van der Waals surface area contributed by atoms with Crippen molar-refractivity contribution in [2.75, 3.05) is 7.11 Å². The van der Waals surface area contributed by atoms with Gasteiger partial charge in [0.2, 0.25) is 0 Å². The van der Waals surface area contributed by atoms with E-state index in [0.717, 1.165) is 17.3 Å². The molecule has 0 atom stereocenters. The highest BCUT2D eigenvalue weighted by atomic mass is 16.5. The minimum atomic E-state index is 0.334. The molecule has 0 bridgehead atoms. The summed E-state index contributed by atoms with van der Waals surface area (Å²) in [4.78, 5) is 12.2. The Hall–Kier alpha value is -1.97. The average Bonchev–Trinajstić information content (AvgIpc) is 2.64. The summed E-state index contributed by atoms with van der Waals surface area (Å²) in [5.41, 5.74) is 3.60. The molecule has 4 heteroatoms. The van der Waals surface area contributed by atoms with Crippen LogP contribution in [0, 0.1) is 6.92 Å². The van der Waals surface area contributed by atoms with Crippen molar-refractivity contribution in [3.63, 3.8) is 0 Å². The van der Waals surface area contributed by atoms with Crippen molar-refractivity contribution in [1.29, 1.82) is 0 Å². The summed E-state index contributed by atoms with van der Waals surface area (Å²) in [5.74, 6) is 0.334. The Labute approximate surface area is 100 Å². The summed E-state index contributed by atoms with van der Waals surface area (Å²) in [6.07, 6.45) is 0.995. The van der Waals surface area contributed by atoms with Crippen LogP contribution in [0.3, 0.4) is 0 Å². The number of hydrogen-bond acceptors (Lipinski definition) is 3. The fraction of sp³-hybridized carbons (Fsp3) is 0.308. The SMILES string of the molecule is CCc1c(C)[nH]c2ccc(O)cc12.COC=O. The molecule has 2 rings (SSSR count). The van der Waals surface area contributed by atoms with Crippen molar-refractivity contribution in [2.45, 2.75) is 20.3 Å². The van der Waals surface area contributed by atoms with Crippen LogP contribution in [0.15, 0.2) is 18.2 Å². The topological polar surface area (TPSA) is 62.3 Å².